The van der Waals surface area contributed by atoms with E-state index in [1.54, 1.807) is 6.92 Å². The highest BCUT2D eigenvalue weighted by molar-refractivity contribution is 6.00. The molecule has 4 nitrogen and oxygen atoms in total. The van der Waals surface area contributed by atoms with Crippen molar-refractivity contribution in [1.82, 2.24) is 4.98 Å². The highest BCUT2D eigenvalue weighted by Gasteiger charge is 2.47. The molecule has 0 amide bonds. The molecule has 0 N–H and O–H groups in total. The van der Waals surface area contributed by atoms with Crippen molar-refractivity contribution in [1.29, 1.82) is 0 Å². The van der Waals surface area contributed by atoms with E-state index in [4.69, 9.17) is 0 Å². The second kappa shape index (κ2) is 3.12. The van der Waals surface area contributed by atoms with Gasteiger partial charge >= 0.3 is 11.9 Å². The molecule has 2 rings (SSSR count). The molecule has 78 valence electrons. The lowest BCUT2D eigenvalue weighted by atomic mass is 9.85. The second-order valence-electron chi connectivity index (χ2n) is 3.63. The van der Waals surface area contributed by atoms with Crippen LogP contribution in [0, 0.1) is 5.82 Å². The zero-order chi connectivity index (χ0) is 11.1. The van der Waals surface area contributed by atoms with E-state index < -0.39 is 23.2 Å². The molecule has 1 aromatic rings. The van der Waals surface area contributed by atoms with E-state index in [1.807, 2.05) is 0 Å². The maximum atomic E-state index is 12.6. The van der Waals surface area contributed by atoms with Gasteiger partial charge in [-0.05, 0) is 19.1 Å². The minimum Gasteiger partial charge on any atom is -0.392 e. The van der Waals surface area contributed by atoms with E-state index in [2.05, 4.69) is 9.72 Å². The Labute approximate surface area is 85.1 Å². The summed E-state index contributed by atoms with van der Waals surface area (Å²) in [6, 6.07) is 2.58. The van der Waals surface area contributed by atoms with Gasteiger partial charge in [-0.15, -0.1) is 0 Å². The second-order valence-corrected chi connectivity index (χ2v) is 3.63. The van der Waals surface area contributed by atoms with Crippen LogP contribution < -0.4 is 0 Å². The number of esters is 2. The molecule has 1 saturated heterocycles. The van der Waals surface area contributed by atoms with E-state index in [0.717, 1.165) is 6.20 Å². The summed E-state index contributed by atoms with van der Waals surface area (Å²) in [6.07, 6.45) is 0.959. The molecule has 15 heavy (non-hydrogen) atoms. The zero-order valence-electron chi connectivity index (χ0n) is 7.99. The third-order valence-corrected chi connectivity index (χ3v) is 2.45. The molecule has 1 unspecified atom stereocenters. The number of carbonyl (C=O) groups excluding carboxylic acids is 2. The van der Waals surface area contributed by atoms with Crippen molar-refractivity contribution in [3.63, 3.8) is 0 Å². The first-order chi connectivity index (χ1) is 7.02. The number of rotatable bonds is 1. The Morgan fingerprint density at radius 1 is 1.47 bits per heavy atom. The van der Waals surface area contributed by atoms with Gasteiger partial charge in [-0.3, -0.25) is 14.6 Å². The molecule has 1 aromatic heterocycles. The van der Waals surface area contributed by atoms with Crippen molar-refractivity contribution in [3.8, 4) is 0 Å². The van der Waals surface area contributed by atoms with Gasteiger partial charge in [0.1, 0.15) is 11.2 Å². The molecule has 0 aromatic carbocycles. The largest absolute Gasteiger partial charge is 0.392 e. The van der Waals surface area contributed by atoms with Crippen molar-refractivity contribution in [2.75, 3.05) is 0 Å². The van der Waals surface area contributed by atoms with Gasteiger partial charge in [0.05, 0.1) is 18.3 Å². The number of hydrogen-bond donors (Lipinski definition) is 0. The van der Waals surface area contributed by atoms with Crippen LogP contribution in [0.5, 0.6) is 0 Å². The molecule has 1 atom stereocenters. The highest BCUT2D eigenvalue weighted by Crippen LogP contribution is 2.33. The van der Waals surface area contributed by atoms with Gasteiger partial charge in [0.25, 0.3) is 0 Å². The number of halogens is 1. The van der Waals surface area contributed by atoms with Crippen molar-refractivity contribution in [2.24, 2.45) is 0 Å². The van der Waals surface area contributed by atoms with E-state index in [9.17, 15) is 14.0 Å². The van der Waals surface area contributed by atoms with Gasteiger partial charge in [0.15, 0.2) is 0 Å². The monoisotopic (exact) mass is 209 g/mol. The summed E-state index contributed by atoms with van der Waals surface area (Å²) in [5, 5.41) is 0. The summed E-state index contributed by atoms with van der Waals surface area (Å²) < 4.78 is 17.1. The first kappa shape index (κ1) is 9.76. The lowest BCUT2D eigenvalue weighted by Crippen LogP contribution is -2.28. The molecule has 0 saturated carbocycles. The quantitative estimate of drug-likeness (QED) is 0.510. The number of aromatic nitrogens is 1. The van der Waals surface area contributed by atoms with Gasteiger partial charge in [-0.25, -0.2) is 4.39 Å². The third kappa shape index (κ3) is 1.49. The Kier molecular flexibility index (Phi) is 2.03. The average molecular weight is 209 g/mol. The molecule has 1 aliphatic heterocycles. The van der Waals surface area contributed by atoms with Gasteiger partial charge in [-0.1, -0.05) is 0 Å². The number of hydrogen-bond acceptors (Lipinski definition) is 4. The molecule has 1 aliphatic rings. The fourth-order valence-corrected chi connectivity index (χ4v) is 1.51. The number of ether oxygens (including phenoxy) is 1. The molecule has 5 heteroatoms. The molecular weight excluding hydrogens is 201 g/mol. The van der Waals surface area contributed by atoms with Crippen LogP contribution in [0.3, 0.4) is 0 Å². The lowest BCUT2D eigenvalue weighted by Gasteiger charge is -2.16. The number of cyclic esters (lactones) is 2. The van der Waals surface area contributed by atoms with E-state index >= 15 is 0 Å². The Morgan fingerprint density at radius 3 is 2.67 bits per heavy atom. The average Bonchev–Trinajstić information content (AvgIpc) is 2.42. The summed E-state index contributed by atoms with van der Waals surface area (Å²) in [6.45, 7) is 1.56. The first-order valence-corrected chi connectivity index (χ1v) is 4.39. The summed E-state index contributed by atoms with van der Waals surface area (Å²) in [4.78, 5) is 26.2. The summed E-state index contributed by atoms with van der Waals surface area (Å²) in [5.74, 6) is -1.69. The summed E-state index contributed by atoms with van der Waals surface area (Å²) in [5.41, 5.74) is -0.732. The molecule has 0 aliphatic carbocycles. The SMILES string of the molecule is CC1(c2ccc(F)cn2)CC(=O)OC1=O. The fraction of sp³-hybridized carbons (Fsp3) is 0.300. The lowest BCUT2D eigenvalue weighted by molar-refractivity contribution is -0.153. The standard InChI is InChI=1S/C10H8FNO3/c1-10(4-8(13)15-9(10)14)7-3-2-6(11)5-12-7/h2-3,5H,4H2,1H3. The summed E-state index contributed by atoms with van der Waals surface area (Å²) >= 11 is 0. The minimum absolute atomic E-state index is 0.0511. The molecule has 0 radical (unpaired) electrons. The van der Waals surface area contributed by atoms with E-state index in [0.29, 0.717) is 5.69 Å². The minimum atomic E-state index is -1.08. The van der Waals surface area contributed by atoms with E-state index in [1.165, 1.54) is 12.1 Å². The van der Waals surface area contributed by atoms with Crippen LogP contribution in [-0.4, -0.2) is 16.9 Å². The van der Waals surface area contributed by atoms with Crippen molar-refractivity contribution >= 4 is 11.9 Å². The van der Waals surface area contributed by atoms with Crippen LogP contribution in [0.2, 0.25) is 0 Å². The van der Waals surface area contributed by atoms with Crippen LogP contribution in [0.25, 0.3) is 0 Å². The fourth-order valence-electron chi connectivity index (χ4n) is 1.51. The van der Waals surface area contributed by atoms with Gasteiger partial charge in [0, 0.05) is 0 Å². The van der Waals surface area contributed by atoms with Crippen molar-refractivity contribution in [2.45, 2.75) is 18.8 Å². The van der Waals surface area contributed by atoms with Crippen LogP contribution >= 0.6 is 0 Å². The van der Waals surface area contributed by atoms with Gasteiger partial charge in [0.2, 0.25) is 0 Å². The maximum Gasteiger partial charge on any atom is 0.326 e. The Bertz CT molecular complexity index is 429. The molecule has 1 fully saturated rings. The maximum absolute atomic E-state index is 12.6. The first-order valence-electron chi connectivity index (χ1n) is 4.39. The third-order valence-electron chi connectivity index (χ3n) is 2.45. The molecule has 0 bridgehead atoms. The topological polar surface area (TPSA) is 56.3 Å². The number of nitrogens with zero attached hydrogens (tertiary/aromatic N) is 1. The van der Waals surface area contributed by atoms with E-state index in [-0.39, 0.29) is 6.42 Å². The Balaban J connectivity index is 2.41. The number of carbonyl (C=O) groups is 2. The highest BCUT2D eigenvalue weighted by atomic mass is 19.1. The van der Waals surface area contributed by atoms with Crippen LogP contribution in [0.15, 0.2) is 18.3 Å². The zero-order valence-corrected chi connectivity index (χ0v) is 7.99. The molecule has 2 heterocycles. The van der Waals surface area contributed by atoms with Crippen LogP contribution in [0.4, 0.5) is 4.39 Å². The molecular formula is C10H8FNO3. The van der Waals surface area contributed by atoms with Crippen molar-refractivity contribution < 1.29 is 18.7 Å². The Hall–Kier alpha value is -1.78. The normalized spacial score (nSPS) is 25.5. The molecule has 0 spiro atoms. The smallest absolute Gasteiger partial charge is 0.326 e. The van der Waals surface area contributed by atoms with Gasteiger partial charge < -0.3 is 4.74 Å². The van der Waals surface area contributed by atoms with Gasteiger partial charge in [-0.2, -0.15) is 0 Å². The van der Waals surface area contributed by atoms with Crippen molar-refractivity contribution in [3.05, 3.63) is 29.8 Å². The Morgan fingerprint density at radius 2 is 2.20 bits per heavy atom. The predicted molar refractivity (Wildman–Crippen MR) is 47.3 cm³/mol. The number of pyridine rings is 1. The summed E-state index contributed by atoms with van der Waals surface area (Å²) in [7, 11) is 0. The van der Waals surface area contributed by atoms with Crippen LogP contribution in [-0.2, 0) is 19.7 Å². The predicted octanol–water partition coefficient (Wildman–Crippen LogP) is 0.952. The van der Waals surface area contributed by atoms with Crippen LogP contribution in [0.1, 0.15) is 19.0 Å².